The lowest BCUT2D eigenvalue weighted by atomic mass is 10.3. The van der Waals surface area contributed by atoms with Crippen molar-refractivity contribution in [1.29, 1.82) is 0 Å². The number of hydrogen-bond acceptors (Lipinski definition) is 2. The average molecular weight is 171 g/mol. The van der Waals surface area contributed by atoms with Gasteiger partial charge in [0.25, 0.3) is 0 Å². The van der Waals surface area contributed by atoms with Crippen molar-refractivity contribution in [2.24, 2.45) is 0 Å². The molecule has 60 valence electrons. The molecule has 1 aromatic rings. The van der Waals surface area contributed by atoms with Gasteiger partial charge in [0.15, 0.2) is 0 Å². The van der Waals surface area contributed by atoms with Crippen molar-refractivity contribution in [2.75, 3.05) is 12.4 Å². The molecule has 0 aliphatic heterocycles. The molecular weight excluding hydrogens is 161 g/mol. The van der Waals surface area contributed by atoms with E-state index in [2.05, 4.69) is 0 Å². The van der Waals surface area contributed by atoms with Crippen molar-refractivity contribution in [1.82, 2.24) is 0 Å². The molecule has 0 radical (unpaired) electrons. The maximum Gasteiger partial charge on any atom is 0.228 e. The molecule has 1 unspecified atom stereocenters. The Morgan fingerprint density at radius 2 is 2.00 bits per heavy atom. The van der Waals surface area contributed by atoms with E-state index in [0.717, 1.165) is 0 Å². The highest BCUT2D eigenvalue weighted by Gasteiger charge is 2.15. The smallest absolute Gasteiger partial charge is 0.228 e. The van der Waals surface area contributed by atoms with Crippen LogP contribution in [0.2, 0.25) is 0 Å². The molecule has 0 saturated carbocycles. The van der Waals surface area contributed by atoms with Gasteiger partial charge < -0.3 is 10.6 Å². The lowest BCUT2D eigenvalue weighted by molar-refractivity contribution is 0.496. The molecule has 0 aromatic heterocycles. The van der Waals surface area contributed by atoms with Gasteiger partial charge in [-0.15, -0.1) is 0 Å². The zero-order valence-electron chi connectivity index (χ0n) is 6.19. The van der Waals surface area contributed by atoms with Crippen LogP contribution in [0.3, 0.4) is 0 Å². The number of anilines is 1. The first-order chi connectivity index (χ1) is 5.02. The Hall–Kier alpha value is -0.790. The molecule has 4 heteroatoms. The molecule has 3 nitrogen and oxygen atoms in total. The second kappa shape index (κ2) is 2.68. The van der Waals surface area contributed by atoms with Crippen LogP contribution >= 0.6 is 7.37 Å². The molecule has 0 saturated heterocycles. The van der Waals surface area contributed by atoms with Crippen molar-refractivity contribution in [2.45, 2.75) is 0 Å². The number of nitrogen functional groups attached to an aromatic ring is 1. The molecule has 0 aliphatic rings. The Kier molecular flexibility index (Phi) is 2.03. The predicted octanol–water partition coefficient (Wildman–Crippen LogP) is 0.794. The van der Waals surface area contributed by atoms with Crippen molar-refractivity contribution < 1.29 is 9.46 Å². The SMILES string of the molecule is CP(=O)(O)c1ccccc1N. The van der Waals surface area contributed by atoms with Crippen LogP contribution < -0.4 is 11.0 Å². The van der Waals surface area contributed by atoms with E-state index in [1.807, 2.05) is 0 Å². The summed E-state index contributed by atoms with van der Waals surface area (Å²) in [5.74, 6) is 0. The van der Waals surface area contributed by atoms with Crippen LogP contribution in [-0.4, -0.2) is 11.6 Å². The minimum atomic E-state index is -3.18. The lowest BCUT2D eigenvalue weighted by Crippen LogP contribution is -2.08. The van der Waals surface area contributed by atoms with Crippen LogP contribution in [-0.2, 0) is 4.57 Å². The third kappa shape index (κ3) is 1.82. The van der Waals surface area contributed by atoms with Gasteiger partial charge in [-0.05, 0) is 12.1 Å². The number of benzene rings is 1. The van der Waals surface area contributed by atoms with E-state index in [0.29, 0.717) is 11.0 Å². The molecule has 11 heavy (non-hydrogen) atoms. The van der Waals surface area contributed by atoms with E-state index in [-0.39, 0.29) is 0 Å². The second-order valence-electron chi connectivity index (χ2n) is 2.44. The van der Waals surface area contributed by atoms with E-state index in [4.69, 9.17) is 10.6 Å². The van der Waals surface area contributed by atoms with Gasteiger partial charge in [-0.25, -0.2) is 0 Å². The minimum absolute atomic E-state index is 0.333. The first-order valence-electron chi connectivity index (χ1n) is 3.17. The van der Waals surface area contributed by atoms with Gasteiger partial charge in [0.2, 0.25) is 7.37 Å². The number of para-hydroxylation sites is 1. The zero-order valence-corrected chi connectivity index (χ0v) is 7.08. The summed E-state index contributed by atoms with van der Waals surface area (Å²) in [6, 6.07) is 6.60. The Morgan fingerprint density at radius 1 is 1.45 bits per heavy atom. The van der Waals surface area contributed by atoms with E-state index in [1.54, 1.807) is 24.3 Å². The van der Waals surface area contributed by atoms with Crippen LogP contribution in [0, 0.1) is 0 Å². The van der Waals surface area contributed by atoms with Crippen LogP contribution in [0.4, 0.5) is 5.69 Å². The van der Waals surface area contributed by atoms with Gasteiger partial charge in [-0.2, -0.15) is 0 Å². The van der Waals surface area contributed by atoms with Crippen molar-refractivity contribution >= 4 is 18.4 Å². The normalized spacial score (nSPS) is 15.8. The average Bonchev–Trinajstić information content (AvgIpc) is 1.86. The molecule has 0 fully saturated rings. The molecule has 0 spiro atoms. The standard InChI is InChI=1S/C7H10NO2P/c1-11(9,10)7-5-3-2-4-6(7)8/h2-5H,8H2,1H3,(H,9,10). The molecule has 1 rings (SSSR count). The van der Waals surface area contributed by atoms with E-state index in [1.165, 1.54) is 6.66 Å². The summed E-state index contributed by atoms with van der Waals surface area (Å²) in [4.78, 5) is 9.15. The van der Waals surface area contributed by atoms with Gasteiger partial charge >= 0.3 is 0 Å². The Bertz CT molecular complexity index is 305. The largest absolute Gasteiger partial charge is 0.398 e. The maximum absolute atomic E-state index is 11.1. The third-order valence-corrected chi connectivity index (χ3v) is 2.68. The molecule has 0 aliphatic carbocycles. The Balaban J connectivity index is 3.25. The number of nitrogens with two attached hydrogens (primary N) is 1. The van der Waals surface area contributed by atoms with Crippen LogP contribution in [0.15, 0.2) is 24.3 Å². The fourth-order valence-electron chi connectivity index (χ4n) is 0.865. The number of hydrogen-bond donors (Lipinski definition) is 2. The van der Waals surface area contributed by atoms with Gasteiger partial charge in [-0.3, -0.25) is 4.57 Å². The van der Waals surface area contributed by atoms with Crippen molar-refractivity contribution in [3.05, 3.63) is 24.3 Å². The van der Waals surface area contributed by atoms with Gasteiger partial charge in [0.1, 0.15) is 0 Å². The van der Waals surface area contributed by atoms with Gasteiger partial charge in [0.05, 0.1) is 5.30 Å². The molecule has 0 amide bonds. The van der Waals surface area contributed by atoms with Crippen LogP contribution in [0.5, 0.6) is 0 Å². The second-order valence-corrected chi connectivity index (χ2v) is 4.68. The highest BCUT2D eigenvalue weighted by Crippen LogP contribution is 2.35. The lowest BCUT2D eigenvalue weighted by Gasteiger charge is -2.07. The molecule has 1 aromatic carbocycles. The highest BCUT2D eigenvalue weighted by molar-refractivity contribution is 7.65. The van der Waals surface area contributed by atoms with Gasteiger partial charge in [-0.1, -0.05) is 12.1 Å². The highest BCUT2D eigenvalue weighted by atomic mass is 31.2. The fraction of sp³-hybridized carbons (Fsp3) is 0.143. The summed E-state index contributed by atoms with van der Waals surface area (Å²) in [7, 11) is -3.18. The minimum Gasteiger partial charge on any atom is -0.398 e. The summed E-state index contributed by atoms with van der Waals surface area (Å²) in [5.41, 5.74) is 5.85. The van der Waals surface area contributed by atoms with Crippen LogP contribution in [0.1, 0.15) is 0 Å². The summed E-state index contributed by atoms with van der Waals surface area (Å²) in [6.07, 6.45) is 0. The third-order valence-electron chi connectivity index (χ3n) is 1.38. The van der Waals surface area contributed by atoms with Crippen LogP contribution in [0.25, 0.3) is 0 Å². The first-order valence-corrected chi connectivity index (χ1v) is 5.28. The van der Waals surface area contributed by atoms with E-state index in [9.17, 15) is 4.57 Å². The summed E-state index contributed by atoms with van der Waals surface area (Å²) in [6.45, 7) is 1.28. The number of rotatable bonds is 1. The van der Waals surface area contributed by atoms with Gasteiger partial charge in [0, 0.05) is 12.4 Å². The summed E-state index contributed by atoms with van der Waals surface area (Å²) in [5, 5.41) is 0.333. The first kappa shape index (κ1) is 8.31. The monoisotopic (exact) mass is 171 g/mol. The van der Waals surface area contributed by atoms with Crippen molar-refractivity contribution in [3.63, 3.8) is 0 Å². The van der Waals surface area contributed by atoms with E-state index < -0.39 is 7.37 Å². The molecular formula is C7H10NO2P. The molecule has 0 bridgehead atoms. The maximum atomic E-state index is 11.1. The quantitative estimate of drug-likeness (QED) is 0.485. The Labute approximate surface area is 65.3 Å². The summed E-state index contributed by atoms with van der Waals surface area (Å²) < 4.78 is 11.1. The fourth-order valence-corrected chi connectivity index (χ4v) is 1.78. The summed E-state index contributed by atoms with van der Waals surface area (Å²) >= 11 is 0. The topological polar surface area (TPSA) is 63.3 Å². The Morgan fingerprint density at radius 3 is 2.36 bits per heavy atom. The molecule has 3 N–H and O–H groups in total. The predicted molar refractivity (Wildman–Crippen MR) is 46.2 cm³/mol. The zero-order chi connectivity index (χ0) is 8.48. The molecule has 0 heterocycles. The van der Waals surface area contributed by atoms with E-state index >= 15 is 0 Å². The molecule has 1 atom stereocenters. The van der Waals surface area contributed by atoms with Crippen molar-refractivity contribution in [3.8, 4) is 0 Å².